The number of aromatic hydroxyl groups is 1. The van der Waals surface area contributed by atoms with Crippen LogP contribution in [0.3, 0.4) is 0 Å². The summed E-state index contributed by atoms with van der Waals surface area (Å²) in [4.78, 5) is 75.9. The van der Waals surface area contributed by atoms with Crippen LogP contribution in [0.2, 0.25) is 0 Å². The molecule has 0 spiro atoms. The van der Waals surface area contributed by atoms with Gasteiger partial charge in [-0.2, -0.15) is 0 Å². The van der Waals surface area contributed by atoms with Gasteiger partial charge in [0.05, 0.1) is 23.6 Å². The highest BCUT2D eigenvalue weighted by Gasteiger charge is 2.51. The molecule has 20 nitrogen and oxygen atoms in total. The van der Waals surface area contributed by atoms with Crippen LogP contribution in [0.15, 0.2) is 60.7 Å². The summed E-state index contributed by atoms with van der Waals surface area (Å²) >= 11 is 29.3. The van der Waals surface area contributed by atoms with Gasteiger partial charge in [-0.1, -0.05) is 111 Å². The van der Waals surface area contributed by atoms with Gasteiger partial charge in [-0.05, 0) is 76.3 Å². The van der Waals surface area contributed by atoms with E-state index in [9.17, 15) is 33.9 Å². The van der Waals surface area contributed by atoms with Crippen molar-refractivity contribution in [1.29, 1.82) is 5.41 Å². The lowest BCUT2D eigenvalue weighted by Gasteiger charge is -2.44. The lowest BCUT2D eigenvalue weighted by Crippen LogP contribution is -2.58. The average molecular weight is 1310 g/mol. The van der Waals surface area contributed by atoms with Gasteiger partial charge >= 0.3 is 36.1 Å². The third-order valence-electron chi connectivity index (χ3n) is 14.6. The maximum Gasteiger partial charge on any atom is 0.414 e. The normalized spacial score (nSPS) is 25.0. The van der Waals surface area contributed by atoms with Gasteiger partial charge in [0, 0.05) is 99.1 Å². The molecule has 0 unspecified atom stereocenters. The van der Waals surface area contributed by atoms with Crippen LogP contribution in [-0.4, -0.2) is 136 Å². The van der Waals surface area contributed by atoms with Crippen molar-refractivity contribution >= 4 is 133 Å². The Hall–Kier alpha value is -5.74. The Labute approximate surface area is 532 Å². The molecule has 2 fully saturated rings. The van der Waals surface area contributed by atoms with Crippen molar-refractivity contribution in [3.63, 3.8) is 0 Å². The summed E-state index contributed by atoms with van der Waals surface area (Å²) in [6.07, 6.45) is -6.41. The summed E-state index contributed by atoms with van der Waals surface area (Å²) < 4.78 is 54.7. The fourth-order valence-corrected chi connectivity index (χ4v) is 11.7. The standard InChI is InChI=1S/C30H38ClNO8.C18H20ClNO3.C14H20Cl3NO6/c1-8-23-16(2)26(36-17(3)33)27(37-18(4)34)28(38-23)39-24-13-22-25(21-12-10-9-11-20(21)24)19(14-31)15-32(22)29(35)40-30(5,6)7;1-18(2,3)23-17(22)20-10-11(9-19)16-13-7-5-4-6-12(13)15(21)8-14(16)20;1-5-9-6(2)10(21-7(3)19)11(22-8(4)20)12(23-9)24-13(18)14(15,16)17/h9-13,16,19,23,26-28H,8,14-15H2,1-7H3;4-8,11,21H,9-10H2,1-3H3;6,9-12,18H,5H2,1-4H3/t16-,19+,23+,26-,27+,28+;11-;6-,9+,10-,11+,12+/m010/s1. The zero-order valence-corrected chi connectivity index (χ0v) is 55.0. The number of carbonyl (C=O) groups is 6. The van der Waals surface area contributed by atoms with Gasteiger partial charge in [-0.25, -0.2) is 9.59 Å². The molecule has 87 heavy (non-hydrogen) atoms. The number of phenols is 1. The molecule has 0 bridgehead atoms. The second-order valence-electron chi connectivity index (χ2n) is 23.6. The highest BCUT2D eigenvalue weighted by molar-refractivity contribution is 6.76. The molecule has 2 saturated heterocycles. The molecule has 25 heteroatoms. The smallest absolute Gasteiger partial charge is 0.414 e. The monoisotopic (exact) mass is 1310 g/mol. The van der Waals surface area contributed by atoms with Crippen molar-refractivity contribution in [2.75, 3.05) is 34.6 Å². The number of esters is 4. The molecule has 2 amide bonds. The second-order valence-corrected chi connectivity index (χ2v) is 26.5. The van der Waals surface area contributed by atoms with E-state index >= 15 is 0 Å². The number of carbonyl (C=O) groups excluding carboxylic acids is 6. The van der Waals surface area contributed by atoms with Crippen LogP contribution in [0.4, 0.5) is 21.0 Å². The zero-order valence-electron chi connectivity index (χ0n) is 51.2. The number of phenolic OH excluding ortho intramolecular Hbond substituents is 1. The van der Waals surface area contributed by atoms with Gasteiger partial charge in [0.25, 0.3) is 3.79 Å². The maximum atomic E-state index is 13.2. The number of anilines is 2. The molecule has 4 aromatic carbocycles. The molecule has 4 aliphatic heterocycles. The number of halogens is 5. The highest BCUT2D eigenvalue weighted by atomic mass is 35.6. The van der Waals surface area contributed by atoms with Crippen molar-refractivity contribution in [2.45, 2.75) is 186 Å². The summed E-state index contributed by atoms with van der Waals surface area (Å²) in [5, 5.41) is 21.4. The third-order valence-corrected chi connectivity index (χ3v) is 15.9. The van der Waals surface area contributed by atoms with Crippen LogP contribution in [-0.2, 0) is 61.8 Å². The summed E-state index contributed by atoms with van der Waals surface area (Å²) in [5.41, 5.74) is 1.99. The Morgan fingerprint density at radius 3 is 1.33 bits per heavy atom. The Kier molecular flexibility index (Phi) is 23.7. The Morgan fingerprint density at radius 2 is 0.943 bits per heavy atom. The Morgan fingerprint density at radius 1 is 0.575 bits per heavy atom. The summed E-state index contributed by atoms with van der Waals surface area (Å²) in [7, 11) is 0. The summed E-state index contributed by atoms with van der Waals surface area (Å²) in [5.74, 6) is -2.23. The average Bonchev–Trinajstić information content (AvgIpc) is 1.72. The number of hydrogen-bond acceptors (Lipinski definition) is 18. The van der Waals surface area contributed by atoms with Crippen LogP contribution >= 0.6 is 58.0 Å². The summed E-state index contributed by atoms with van der Waals surface area (Å²) in [6, 6.07) is 18.7. The predicted molar refractivity (Wildman–Crippen MR) is 332 cm³/mol. The maximum absolute atomic E-state index is 13.2. The topological polar surface area (TPSA) is 245 Å². The minimum atomic E-state index is -2.11. The number of hydrogen-bond donors (Lipinski definition) is 2. The number of alkyl halides is 5. The van der Waals surface area contributed by atoms with Gasteiger partial charge in [0.2, 0.25) is 30.7 Å². The van der Waals surface area contributed by atoms with Gasteiger partial charge in [0.15, 0.2) is 0 Å². The van der Waals surface area contributed by atoms with E-state index in [4.69, 9.17) is 111 Å². The molecule has 4 heterocycles. The van der Waals surface area contributed by atoms with Crippen LogP contribution < -0.4 is 14.5 Å². The molecule has 478 valence electrons. The molecule has 4 aliphatic rings. The van der Waals surface area contributed by atoms with Gasteiger partial charge in [-0.15, -0.1) is 23.2 Å². The van der Waals surface area contributed by atoms with Crippen molar-refractivity contribution < 1.29 is 81.2 Å². The van der Waals surface area contributed by atoms with E-state index in [0.29, 0.717) is 54.8 Å². The number of nitrogens with one attached hydrogen (secondary N) is 1. The second kappa shape index (κ2) is 29.3. The van der Waals surface area contributed by atoms with Gasteiger partial charge in [0.1, 0.15) is 34.9 Å². The minimum absolute atomic E-state index is 0.0182. The van der Waals surface area contributed by atoms with E-state index in [1.54, 1.807) is 28.9 Å². The number of amides is 2. The first-order valence-corrected chi connectivity index (χ1v) is 30.7. The van der Waals surface area contributed by atoms with Crippen LogP contribution in [0.1, 0.15) is 133 Å². The van der Waals surface area contributed by atoms with Crippen LogP contribution in [0, 0.1) is 17.2 Å². The van der Waals surface area contributed by atoms with E-state index < -0.39 is 94.0 Å². The SMILES string of the molecule is CC(C)(C)OC(=O)N1C[C@@H](CCl)c2c1cc(O)c1ccccc21.CC[C@H]1O[C@H](OC(=N)C(Cl)(Cl)Cl)[C@H](OC(C)=O)[C@@H](OC(C)=O)[C@H]1C.CC[C@H]1O[C@H](Oc2cc3c(c4ccccc24)[C@H](CCl)CN3C(=O)OC(C)(C)C)[C@H](OC(C)=O)[C@@H](OC(C)=O)[C@H]1C. The van der Waals surface area contributed by atoms with Crippen LogP contribution in [0.5, 0.6) is 11.5 Å². The number of ether oxygens (including phenoxy) is 10. The first-order chi connectivity index (χ1) is 40.6. The van der Waals surface area contributed by atoms with E-state index in [-0.39, 0.29) is 41.6 Å². The van der Waals surface area contributed by atoms with Crippen molar-refractivity contribution in [1.82, 2.24) is 0 Å². The first kappa shape index (κ1) is 70.3. The molecule has 2 N–H and O–H groups in total. The molecule has 0 saturated carbocycles. The largest absolute Gasteiger partial charge is 0.507 e. The molecular weight excluding hydrogens is 1240 g/mol. The first-order valence-electron chi connectivity index (χ1n) is 28.5. The van der Waals surface area contributed by atoms with E-state index in [2.05, 4.69) is 0 Å². The van der Waals surface area contributed by atoms with Crippen molar-refractivity contribution in [3.8, 4) is 11.5 Å². The van der Waals surface area contributed by atoms with Crippen LogP contribution in [0.25, 0.3) is 21.5 Å². The van der Waals surface area contributed by atoms with Gasteiger partial charge < -0.3 is 52.5 Å². The third kappa shape index (κ3) is 17.4. The van der Waals surface area contributed by atoms with E-state index in [1.807, 2.05) is 111 Å². The fraction of sp³-hybridized carbons (Fsp3) is 0.565. The van der Waals surface area contributed by atoms with E-state index in [1.165, 1.54) is 27.7 Å². The zero-order chi connectivity index (χ0) is 64.8. The Bertz CT molecular complexity index is 3170. The number of rotatable bonds is 11. The molecule has 8 rings (SSSR count). The lowest BCUT2D eigenvalue weighted by atomic mass is 9.89. The Balaban J connectivity index is 0.000000222. The number of benzene rings is 4. The molecular formula is C62H78Cl5N3O17. The molecule has 0 radical (unpaired) electrons. The predicted octanol–water partition coefficient (Wildman–Crippen LogP) is 13.5. The molecule has 0 aliphatic carbocycles. The quantitative estimate of drug-likeness (QED) is 0.0466. The molecule has 12 atom stereocenters. The van der Waals surface area contributed by atoms with Crippen molar-refractivity contribution in [2.24, 2.45) is 11.8 Å². The molecule has 0 aromatic heterocycles. The lowest BCUT2D eigenvalue weighted by molar-refractivity contribution is -0.270. The highest BCUT2D eigenvalue weighted by Crippen LogP contribution is 2.48. The number of fused-ring (bicyclic) bond motifs is 6. The minimum Gasteiger partial charge on any atom is -0.507 e. The summed E-state index contributed by atoms with van der Waals surface area (Å²) in [6.45, 7) is 24.3. The van der Waals surface area contributed by atoms with E-state index in [0.717, 1.165) is 32.7 Å². The van der Waals surface area contributed by atoms with Crippen molar-refractivity contribution in [3.05, 3.63) is 71.8 Å². The molecule has 4 aromatic rings. The fourth-order valence-electron chi connectivity index (χ4n) is 11.0. The van der Waals surface area contributed by atoms with Gasteiger partial charge in [-0.3, -0.25) is 34.4 Å². The number of nitrogens with zero attached hydrogens (tertiary/aromatic N) is 2.